The lowest BCUT2D eigenvalue weighted by molar-refractivity contribution is -0.116. The summed E-state index contributed by atoms with van der Waals surface area (Å²) in [5.41, 5.74) is 4.99. The number of para-hydroxylation sites is 1. The highest BCUT2D eigenvalue weighted by Gasteiger charge is 2.13. The minimum absolute atomic E-state index is 0.0393. The van der Waals surface area contributed by atoms with E-state index in [1.807, 2.05) is 56.3 Å². The predicted molar refractivity (Wildman–Crippen MR) is 132 cm³/mol. The molecule has 0 heterocycles. The van der Waals surface area contributed by atoms with E-state index in [2.05, 4.69) is 10.6 Å². The Morgan fingerprint density at radius 2 is 1.52 bits per heavy atom. The molecular formula is C26H28N2O4S. The van der Waals surface area contributed by atoms with Gasteiger partial charge in [0.05, 0.1) is 17.1 Å². The average molecular weight is 465 g/mol. The summed E-state index contributed by atoms with van der Waals surface area (Å²) in [7, 11) is -3.26. The molecule has 3 rings (SSSR count). The Labute approximate surface area is 195 Å². The van der Waals surface area contributed by atoms with Gasteiger partial charge in [0.15, 0.2) is 9.84 Å². The molecule has 0 radical (unpaired) electrons. The van der Waals surface area contributed by atoms with Gasteiger partial charge in [0.2, 0.25) is 11.8 Å². The molecule has 0 spiro atoms. The summed E-state index contributed by atoms with van der Waals surface area (Å²) in [5.74, 6) is -0.203. The van der Waals surface area contributed by atoms with E-state index in [1.165, 1.54) is 12.1 Å². The second-order valence-electron chi connectivity index (χ2n) is 7.75. The zero-order valence-electron chi connectivity index (χ0n) is 19.0. The quantitative estimate of drug-likeness (QED) is 0.491. The van der Waals surface area contributed by atoms with Crippen molar-refractivity contribution in [3.8, 4) is 11.1 Å². The third-order valence-corrected chi connectivity index (χ3v) is 7.10. The van der Waals surface area contributed by atoms with Gasteiger partial charge in [-0.05, 0) is 53.9 Å². The maximum atomic E-state index is 12.5. The topological polar surface area (TPSA) is 92.3 Å². The summed E-state index contributed by atoms with van der Waals surface area (Å²) >= 11 is 0. The first kappa shape index (κ1) is 24.2. The van der Waals surface area contributed by atoms with Gasteiger partial charge in [0, 0.05) is 23.4 Å². The molecular weight excluding hydrogens is 436 g/mol. The van der Waals surface area contributed by atoms with Gasteiger partial charge < -0.3 is 10.6 Å². The van der Waals surface area contributed by atoms with Gasteiger partial charge in [-0.2, -0.15) is 0 Å². The number of aryl methyl sites for hydroxylation is 1. The summed E-state index contributed by atoms with van der Waals surface area (Å²) in [5, 5.41) is 5.83. The molecule has 0 unspecified atom stereocenters. The molecule has 0 saturated heterocycles. The number of carbonyl (C=O) groups is 2. The van der Waals surface area contributed by atoms with Crippen LogP contribution in [0.3, 0.4) is 0 Å². The van der Waals surface area contributed by atoms with Crippen LogP contribution in [0.15, 0.2) is 71.6 Å². The number of anilines is 2. The van der Waals surface area contributed by atoms with E-state index in [-0.39, 0.29) is 28.9 Å². The first-order chi connectivity index (χ1) is 15.7. The van der Waals surface area contributed by atoms with Crippen LogP contribution in [0.5, 0.6) is 0 Å². The average Bonchev–Trinajstić information content (AvgIpc) is 2.80. The Balaban J connectivity index is 1.72. The molecule has 3 aromatic rings. The van der Waals surface area contributed by atoms with Crippen LogP contribution < -0.4 is 10.6 Å². The van der Waals surface area contributed by atoms with Gasteiger partial charge in [-0.1, -0.05) is 50.2 Å². The molecule has 33 heavy (non-hydrogen) atoms. The van der Waals surface area contributed by atoms with Crippen LogP contribution in [0.1, 0.15) is 31.4 Å². The lowest BCUT2D eigenvalue weighted by Crippen LogP contribution is -2.14. The number of hydrogen-bond acceptors (Lipinski definition) is 4. The molecule has 0 aliphatic heterocycles. The second kappa shape index (κ2) is 10.4. The van der Waals surface area contributed by atoms with Crippen molar-refractivity contribution in [1.82, 2.24) is 0 Å². The van der Waals surface area contributed by atoms with Gasteiger partial charge in [-0.15, -0.1) is 0 Å². The maximum Gasteiger partial charge on any atom is 0.228 e. The zero-order valence-corrected chi connectivity index (χ0v) is 19.8. The molecule has 0 aliphatic carbocycles. The van der Waals surface area contributed by atoms with Gasteiger partial charge in [0.25, 0.3) is 0 Å². The summed E-state index contributed by atoms with van der Waals surface area (Å²) in [4.78, 5) is 24.6. The molecule has 6 nitrogen and oxygen atoms in total. The number of nitrogens with one attached hydrogen (secondary N) is 2. The number of amides is 2. The number of carbonyl (C=O) groups excluding carboxylic acids is 2. The van der Waals surface area contributed by atoms with Crippen molar-refractivity contribution in [2.45, 2.75) is 38.5 Å². The number of rotatable bonds is 8. The van der Waals surface area contributed by atoms with Gasteiger partial charge in [-0.3, -0.25) is 9.59 Å². The van der Waals surface area contributed by atoms with Crippen molar-refractivity contribution in [3.63, 3.8) is 0 Å². The lowest BCUT2D eigenvalue weighted by atomic mass is 9.98. The molecule has 2 N–H and O–H groups in total. The van der Waals surface area contributed by atoms with E-state index in [0.29, 0.717) is 12.1 Å². The van der Waals surface area contributed by atoms with Crippen molar-refractivity contribution in [2.75, 3.05) is 16.4 Å². The summed E-state index contributed by atoms with van der Waals surface area (Å²) in [6.07, 6.45) is 0.536. The van der Waals surface area contributed by atoms with Crippen LogP contribution in [0.4, 0.5) is 11.4 Å². The SMILES string of the molecule is CCC(=O)Nc1ccccc1-c1ccc(NC(=O)Cc2ccc(S(=O)(=O)CC)cc2)cc1C. The summed E-state index contributed by atoms with van der Waals surface area (Å²) in [6, 6.07) is 19.7. The number of hydrogen-bond donors (Lipinski definition) is 2. The van der Waals surface area contributed by atoms with E-state index in [9.17, 15) is 18.0 Å². The second-order valence-corrected chi connectivity index (χ2v) is 10.0. The van der Waals surface area contributed by atoms with Crippen LogP contribution in [-0.4, -0.2) is 26.0 Å². The normalized spacial score (nSPS) is 11.1. The van der Waals surface area contributed by atoms with E-state index >= 15 is 0 Å². The molecule has 0 bridgehead atoms. The van der Waals surface area contributed by atoms with Crippen molar-refractivity contribution in [2.24, 2.45) is 0 Å². The third kappa shape index (κ3) is 6.08. The number of benzene rings is 3. The number of sulfone groups is 1. The highest BCUT2D eigenvalue weighted by Crippen LogP contribution is 2.32. The van der Waals surface area contributed by atoms with Gasteiger partial charge in [-0.25, -0.2) is 8.42 Å². The predicted octanol–water partition coefficient (Wildman–Crippen LogP) is 4.99. The first-order valence-electron chi connectivity index (χ1n) is 10.8. The van der Waals surface area contributed by atoms with E-state index in [0.717, 1.165) is 27.9 Å². The molecule has 0 fully saturated rings. The fraction of sp³-hybridized carbons (Fsp3) is 0.231. The van der Waals surface area contributed by atoms with Crippen LogP contribution in [0.2, 0.25) is 0 Å². The van der Waals surface area contributed by atoms with Crippen molar-refractivity contribution < 1.29 is 18.0 Å². The third-order valence-electron chi connectivity index (χ3n) is 5.35. The fourth-order valence-electron chi connectivity index (χ4n) is 3.48. The Morgan fingerprint density at radius 1 is 0.818 bits per heavy atom. The fourth-order valence-corrected chi connectivity index (χ4v) is 4.37. The highest BCUT2D eigenvalue weighted by atomic mass is 32.2. The van der Waals surface area contributed by atoms with Gasteiger partial charge >= 0.3 is 0 Å². The van der Waals surface area contributed by atoms with Crippen LogP contribution in [0.25, 0.3) is 11.1 Å². The van der Waals surface area contributed by atoms with Crippen molar-refractivity contribution in [3.05, 3.63) is 77.9 Å². The van der Waals surface area contributed by atoms with Crippen molar-refractivity contribution in [1.29, 1.82) is 0 Å². The molecule has 7 heteroatoms. The van der Waals surface area contributed by atoms with Crippen LogP contribution in [-0.2, 0) is 25.8 Å². The van der Waals surface area contributed by atoms with Gasteiger partial charge in [0.1, 0.15) is 0 Å². The van der Waals surface area contributed by atoms with E-state index in [4.69, 9.17) is 0 Å². The summed E-state index contributed by atoms with van der Waals surface area (Å²) < 4.78 is 23.9. The monoisotopic (exact) mass is 464 g/mol. The first-order valence-corrected chi connectivity index (χ1v) is 12.5. The molecule has 2 amide bonds. The zero-order chi connectivity index (χ0) is 24.0. The Bertz CT molecular complexity index is 1270. The Hall–Kier alpha value is -3.45. The minimum atomic E-state index is -3.26. The van der Waals surface area contributed by atoms with Crippen LogP contribution >= 0.6 is 0 Å². The highest BCUT2D eigenvalue weighted by molar-refractivity contribution is 7.91. The molecule has 0 saturated carbocycles. The molecule has 0 aromatic heterocycles. The lowest BCUT2D eigenvalue weighted by Gasteiger charge is -2.14. The molecule has 3 aromatic carbocycles. The smallest absolute Gasteiger partial charge is 0.228 e. The van der Waals surface area contributed by atoms with Crippen molar-refractivity contribution >= 4 is 33.0 Å². The molecule has 172 valence electrons. The molecule has 0 atom stereocenters. The Morgan fingerprint density at radius 3 is 2.15 bits per heavy atom. The van der Waals surface area contributed by atoms with Crippen LogP contribution in [0, 0.1) is 6.92 Å². The standard InChI is InChI=1S/C26H28N2O4S/c1-4-25(29)28-24-9-7-6-8-23(24)22-15-12-20(16-18(22)3)27-26(30)17-19-10-13-21(14-11-19)33(31,32)5-2/h6-16H,4-5,17H2,1-3H3,(H,27,30)(H,28,29). The van der Waals surface area contributed by atoms with E-state index < -0.39 is 9.84 Å². The largest absolute Gasteiger partial charge is 0.326 e. The Kier molecular flexibility index (Phi) is 7.66. The minimum Gasteiger partial charge on any atom is -0.326 e. The van der Waals surface area contributed by atoms with E-state index in [1.54, 1.807) is 19.1 Å². The molecule has 0 aliphatic rings. The summed E-state index contributed by atoms with van der Waals surface area (Å²) in [6.45, 7) is 5.36. The maximum absolute atomic E-state index is 12.5.